The summed E-state index contributed by atoms with van der Waals surface area (Å²) in [5.41, 5.74) is 3.90. The molecular formula is C21H23N5O3S. The molecule has 1 unspecified atom stereocenters. The van der Waals surface area contributed by atoms with Gasteiger partial charge in [0.05, 0.1) is 4.90 Å². The Hall–Kier alpha value is -2.91. The molecule has 1 fully saturated rings. The quantitative estimate of drug-likeness (QED) is 0.685. The summed E-state index contributed by atoms with van der Waals surface area (Å²) in [7, 11) is -1.12. The van der Waals surface area contributed by atoms with Crippen molar-refractivity contribution in [2.45, 2.75) is 18.4 Å². The van der Waals surface area contributed by atoms with Gasteiger partial charge in [0, 0.05) is 68.6 Å². The average Bonchev–Trinajstić information content (AvgIpc) is 3.37. The number of hydrogen-bond acceptors (Lipinski definition) is 5. The summed E-state index contributed by atoms with van der Waals surface area (Å²) in [6, 6.07) is 7.96. The van der Waals surface area contributed by atoms with Crippen molar-refractivity contribution < 1.29 is 13.7 Å². The highest BCUT2D eigenvalue weighted by Gasteiger charge is 2.24. The number of benzene rings is 1. The molecule has 3 aromatic rings. The molecule has 0 saturated carbocycles. The first kappa shape index (κ1) is 19.1. The standard InChI is InChI=1S/C21H23N5O3S/c1-15-13-26-5-4-22-20(26)11-18(15)29-14-21(27)25-8-6-24(7-9-25)17-3-2-16-12-23-30(28)19(16)10-17/h2-5,10-11,13,23H,6-9,12,14H2,1H3. The number of piperazine rings is 1. The van der Waals surface area contributed by atoms with Gasteiger partial charge in [0.2, 0.25) is 0 Å². The minimum absolute atomic E-state index is 0.0151. The summed E-state index contributed by atoms with van der Waals surface area (Å²) >= 11 is 0. The molecule has 0 radical (unpaired) electrons. The van der Waals surface area contributed by atoms with Gasteiger partial charge in [-0.1, -0.05) is 6.07 Å². The Balaban J connectivity index is 1.18. The van der Waals surface area contributed by atoms with Crippen LogP contribution >= 0.6 is 0 Å². The van der Waals surface area contributed by atoms with Gasteiger partial charge in [-0.05, 0) is 24.6 Å². The number of ether oxygens (including phenoxy) is 1. The molecule has 30 heavy (non-hydrogen) atoms. The van der Waals surface area contributed by atoms with Crippen LogP contribution in [-0.2, 0) is 22.3 Å². The molecule has 9 heteroatoms. The van der Waals surface area contributed by atoms with Crippen LogP contribution in [0.1, 0.15) is 11.1 Å². The fraction of sp³-hybridized carbons (Fsp3) is 0.333. The Morgan fingerprint density at radius 2 is 2.07 bits per heavy atom. The van der Waals surface area contributed by atoms with Gasteiger partial charge < -0.3 is 18.9 Å². The number of hydrogen-bond donors (Lipinski definition) is 1. The highest BCUT2D eigenvalue weighted by molar-refractivity contribution is 7.83. The summed E-state index contributed by atoms with van der Waals surface area (Å²) in [6.07, 6.45) is 5.56. The molecule has 156 valence electrons. The first-order valence-electron chi connectivity index (χ1n) is 9.95. The smallest absolute Gasteiger partial charge is 0.260 e. The number of pyridine rings is 1. The largest absolute Gasteiger partial charge is 0.483 e. The zero-order chi connectivity index (χ0) is 20.7. The van der Waals surface area contributed by atoms with Gasteiger partial charge in [0.25, 0.3) is 5.91 Å². The second-order valence-corrected chi connectivity index (χ2v) is 8.82. The van der Waals surface area contributed by atoms with Gasteiger partial charge in [0.15, 0.2) is 6.61 Å². The van der Waals surface area contributed by atoms with Crippen molar-refractivity contribution in [1.29, 1.82) is 0 Å². The van der Waals surface area contributed by atoms with E-state index >= 15 is 0 Å². The van der Waals surface area contributed by atoms with Crippen LogP contribution in [0.5, 0.6) is 5.75 Å². The normalized spacial score (nSPS) is 18.6. The van der Waals surface area contributed by atoms with E-state index < -0.39 is 11.0 Å². The lowest BCUT2D eigenvalue weighted by Gasteiger charge is -2.36. The van der Waals surface area contributed by atoms with Crippen LogP contribution in [0.4, 0.5) is 5.69 Å². The van der Waals surface area contributed by atoms with E-state index in [0.717, 1.165) is 40.4 Å². The number of nitrogens with zero attached hydrogens (tertiary/aromatic N) is 4. The van der Waals surface area contributed by atoms with Crippen molar-refractivity contribution in [2.24, 2.45) is 0 Å². The fourth-order valence-electron chi connectivity index (χ4n) is 3.93. The van der Waals surface area contributed by atoms with Crippen molar-refractivity contribution in [1.82, 2.24) is 19.0 Å². The maximum absolute atomic E-state index is 12.6. The number of fused-ring (bicyclic) bond motifs is 2. The molecule has 5 rings (SSSR count). The average molecular weight is 426 g/mol. The number of amides is 1. The molecule has 1 aromatic carbocycles. The Morgan fingerprint density at radius 3 is 2.90 bits per heavy atom. The lowest BCUT2D eigenvalue weighted by atomic mass is 10.2. The van der Waals surface area contributed by atoms with E-state index in [4.69, 9.17) is 4.74 Å². The van der Waals surface area contributed by atoms with Crippen LogP contribution in [0.25, 0.3) is 5.65 Å². The summed E-state index contributed by atoms with van der Waals surface area (Å²) in [5.74, 6) is 0.664. The summed E-state index contributed by atoms with van der Waals surface area (Å²) in [5, 5.41) is 0. The molecule has 0 spiro atoms. The maximum Gasteiger partial charge on any atom is 0.260 e. The molecule has 8 nitrogen and oxygen atoms in total. The fourth-order valence-corrected chi connectivity index (χ4v) is 4.98. The number of rotatable bonds is 4. The molecule has 1 amide bonds. The van der Waals surface area contributed by atoms with Crippen LogP contribution in [0.2, 0.25) is 0 Å². The van der Waals surface area contributed by atoms with E-state index in [-0.39, 0.29) is 12.5 Å². The Labute approximate surface area is 177 Å². The van der Waals surface area contributed by atoms with E-state index in [1.807, 2.05) is 46.8 Å². The zero-order valence-electron chi connectivity index (χ0n) is 16.7. The second kappa shape index (κ2) is 7.73. The number of carbonyl (C=O) groups excluding carboxylic acids is 1. The minimum atomic E-state index is -1.12. The van der Waals surface area contributed by atoms with Crippen LogP contribution in [0, 0.1) is 6.92 Å². The lowest BCUT2D eigenvalue weighted by molar-refractivity contribution is -0.133. The molecular weight excluding hydrogens is 402 g/mol. The number of anilines is 1. The Kier molecular flexibility index (Phi) is 4.92. The van der Waals surface area contributed by atoms with Gasteiger partial charge in [-0.15, -0.1) is 0 Å². The third-order valence-electron chi connectivity index (χ3n) is 5.67. The SMILES string of the molecule is Cc1cn2ccnc2cc1OCC(=O)N1CCN(c2ccc3c(c2)S(=O)NC3)CC1. The van der Waals surface area contributed by atoms with E-state index in [0.29, 0.717) is 25.4 Å². The van der Waals surface area contributed by atoms with Gasteiger partial charge >= 0.3 is 0 Å². The lowest BCUT2D eigenvalue weighted by Crippen LogP contribution is -2.50. The number of aryl methyl sites for hydroxylation is 1. The molecule has 0 aliphatic carbocycles. The third-order valence-corrected chi connectivity index (χ3v) is 6.86. The van der Waals surface area contributed by atoms with Crippen molar-refractivity contribution in [3.05, 3.63) is 54.0 Å². The molecule has 2 aliphatic rings. The highest BCUT2D eigenvalue weighted by Crippen LogP contribution is 2.26. The van der Waals surface area contributed by atoms with Crippen molar-refractivity contribution in [2.75, 3.05) is 37.7 Å². The van der Waals surface area contributed by atoms with Crippen molar-refractivity contribution >= 4 is 28.2 Å². The van der Waals surface area contributed by atoms with Crippen LogP contribution in [-0.4, -0.2) is 57.2 Å². The Bertz CT molecular complexity index is 1140. The van der Waals surface area contributed by atoms with Gasteiger partial charge in [0.1, 0.15) is 22.4 Å². The predicted octanol–water partition coefficient (Wildman–Crippen LogP) is 1.50. The van der Waals surface area contributed by atoms with E-state index in [1.165, 1.54) is 0 Å². The molecule has 1 N–H and O–H groups in total. The van der Waals surface area contributed by atoms with Crippen LogP contribution < -0.4 is 14.4 Å². The number of carbonyl (C=O) groups is 1. The Morgan fingerprint density at radius 1 is 1.23 bits per heavy atom. The van der Waals surface area contributed by atoms with Crippen molar-refractivity contribution in [3.8, 4) is 5.75 Å². The summed E-state index contributed by atoms with van der Waals surface area (Å²) in [4.78, 5) is 21.8. The third kappa shape index (κ3) is 3.54. The highest BCUT2D eigenvalue weighted by atomic mass is 32.2. The summed E-state index contributed by atoms with van der Waals surface area (Å²) in [6.45, 7) is 5.38. The minimum Gasteiger partial charge on any atom is -0.483 e. The molecule has 2 aromatic heterocycles. The van der Waals surface area contributed by atoms with E-state index in [1.54, 1.807) is 6.20 Å². The number of imidazole rings is 1. The monoisotopic (exact) mass is 425 g/mol. The van der Waals surface area contributed by atoms with Crippen molar-refractivity contribution in [3.63, 3.8) is 0 Å². The molecule has 0 bridgehead atoms. The van der Waals surface area contributed by atoms with Gasteiger partial charge in [-0.2, -0.15) is 0 Å². The van der Waals surface area contributed by atoms with Crippen LogP contribution in [0.3, 0.4) is 0 Å². The topological polar surface area (TPSA) is 79.2 Å². The number of aromatic nitrogens is 2. The first-order chi connectivity index (χ1) is 14.6. The maximum atomic E-state index is 12.6. The predicted molar refractivity (Wildman–Crippen MR) is 114 cm³/mol. The number of nitrogens with one attached hydrogen (secondary N) is 1. The molecule has 4 heterocycles. The van der Waals surface area contributed by atoms with Gasteiger partial charge in [-0.25, -0.2) is 13.9 Å². The second-order valence-electron chi connectivity index (χ2n) is 7.55. The molecule has 1 atom stereocenters. The molecule has 1 saturated heterocycles. The zero-order valence-corrected chi connectivity index (χ0v) is 17.5. The summed E-state index contributed by atoms with van der Waals surface area (Å²) < 4.78 is 22.7. The van der Waals surface area contributed by atoms with E-state index in [9.17, 15) is 9.00 Å². The molecule has 2 aliphatic heterocycles. The first-order valence-corrected chi connectivity index (χ1v) is 11.1. The van der Waals surface area contributed by atoms with Crippen LogP contribution in [0.15, 0.2) is 47.8 Å². The van der Waals surface area contributed by atoms with E-state index in [2.05, 4.69) is 20.7 Å². The van der Waals surface area contributed by atoms with Gasteiger partial charge in [-0.3, -0.25) is 4.79 Å².